The molecule has 3 rings (SSSR count). The lowest BCUT2D eigenvalue weighted by molar-refractivity contribution is -0.130. The molecular weight excluding hydrogens is 354 g/mol. The van der Waals surface area contributed by atoms with Crippen molar-refractivity contribution in [2.24, 2.45) is 0 Å². The number of carbonyl (C=O) groups is 3. The van der Waals surface area contributed by atoms with E-state index in [1.54, 1.807) is 37.3 Å². The first-order valence-electron chi connectivity index (χ1n) is 8.93. The fourth-order valence-electron chi connectivity index (χ4n) is 3.43. The predicted octanol–water partition coefficient (Wildman–Crippen LogP) is 3.13. The summed E-state index contributed by atoms with van der Waals surface area (Å²) in [6.07, 6.45) is 0. The summed E-state index contributed by atoms with van der Waals surface area (Å²) >= 11 is 0. The van der Waals surface area contributed by atoms with E-state index in [-0.39, 0.29) is 12.3 Å². The number of amides is 3. The number of hydrogen-bond donors (Lipinski definition) is 1. The van der Waals surface area contributed by atoms with Crippen LogP contribution in [0.4, 0.5) is 4.79 Å². The van der Waals surface area contributed by atoms with Crippen molar-refractivity contribution in [3.05, 3.63) is 69.8 Å². The van der Waals surface area contributed by atoms with Gasteiger partial charge in [-0.25, -0.2) is 4.79 Å². The Morgan fingerprint density at radius 3 is 2.46 bits per heavy atom. The van der Waals surface area contributed by atoms with E-state index in [0.29, 0.717) is 16.7 Å². The molecule has 1 saturated heterocycles. The molecule has 3 amide bonds. The molecule has 1 aliphatic rings. The van der Waals surface area contributed by atoms with Crippen LogP contribution in [0.1, 0.15) is 45.1 Å². The Balaban J connectivity index is 1.89. The summed E-state index contributed by atoms with van der Waals surface area (Å²) in [5.74, 6) is -0.804. The molecule has 6 nitrogen and oxygen atoms in total. The van der Waals surface area contributed by atoms with Crippen LogP contribution in [0.2, 0.25) is 0 Å². The number of imide groups is 1. The van der Waals surface area contributed by atoms with Crippen LogP contribution in [0.5, 0.6) is 0 Å². The summed E-state index contributed by atoms with van der Waals surface area (Å²) in [4.78, 5) is 39.2. The van der Waals surface area contributed by atoms with E-state index >= 15 is 0 Å². The van der Waals surface area contributed by atoms with Gasteiger partial charge in [0.15, 0.2) is 5.78 Å². The molecule has 0 spiro atoms. The van der Waals surface area contributed by atoms with E-state index < -0.39 is 17.5 Å². The Bertz CT molecular complexity index is 1050. The van der Waals surface area contributed by atoms with Crippen LogP contribution in [0.25, 0.3) is 0 Å². The van der Waals surface area contributed by atoms with Crippen molar-refractivity contribution in [3.8, 4) is 6.07 Å². The molecule has 1 unspecified atom stereocenters. The SMILES string of the molecule is Cc1cc(C)c(C(=O)CN2C(=O)NC(C)(c3cccc(C#N)c3)C2=O)cc1C. The summed E-state index contributed by atoms with van der Waals surface area (Å²) in [7, 11) is 0. The molecule has 1 aliphatic heterocycles. The average molecular weight is 375 g/mol. The van der Waals surface area contributed by atoms with Crippen LogP contribution in [0, 0.1) is 32.1 Å². The molecule has 0 bridgehead atoms. The number of benzene rings is 2. The fourth-order valence-corrected chi connectivity index (χ4v) is 3.43. The molecule has 0 saturated carbocycles. The minimum atomic E-state index is -1.32. The maximum absolute atomic E-state index is 13.0. The van der Waals surface area contributed by atoms with E-state index in [4.69, 9.17) is 5.26 Å². The molecule has 1 atom stereocenters. The van der Waals surface area contributed by atoms with Gasteiger partial charge in [-0.1, -0.05) is 18.2 Å². The molecule has 1 fully saturated rings. The van der Waals surface area contributed by atoms with Crippen molar-refractivity contribution in [2.75, 3.05) is 6.54 Å². The highest BCUT2D eigenvalue weighted by Gasteiger charge is 2.49. The zero-order valence-electron chi connectivity index (χ0n) is 16.3. The number of nitriles is 1. The minimum Gasteiger partial charge on any atom is -0.319 e. The van der Waals surface area contributed by atoms with Crippen molar-refractivity contribution < 1.29 is 14.4 Å². The van der Waals surface area contributed by atoms with Gasteiger partial charge in [0.1, 0.15) is 5.54 Å². The monoisotopic (exact) mass is 375 g/mol. The van der Waals surface area contributed by atoms with Crippen LogP contribution >= 0.6 is 0 Å². The van der Waals surface area contributed by atoms with Gasteiger partial charge in [0.2, 0.25) is 0 Å². The molecule has 6 heteroatoms. The number of aryl methyl sites for hydroxylation is 3. The number of nitrogens with one attached hydrogen (secondary N) is 1. The quantitative estimate of drug-likeness (QED) is 0.657. The molecule has 2 aromatic rings. The van der Waals surface area contributed by atoms with Crippen molar-refractivity contribution in [3.63, 3.8) is 0 Å². The third-order valence-corrected chi connectivity index (χ3v) is 5.29. The molecule has 28 heavy (non-hydrogen) atoms. The first-order chi connectivity index (χ1) is 13.2. The Hall–Kier alpha value is -3.46. The number of rotatable bonds is 4. The molecule has 0 aliphatic carbocycles. The Morgan fingerprint density at radius 2 is 1.79 bits per heavy atom. The fraction of sp³-hybridized carbons (Fsp3) is 0.273. The van der Waals surface area contributed by atoms with Crippen LogP contribution in [-0.4, -0.2) is 29.2 Å². The second-order valence-electron chi connectivity index (χ2n) is 7.31. The van der Waals surface area contributed by atoms with Crippen molar-refractivity contribution in [2.45, 2.75) is 33.2 Å². The lowest BCUT2D eigenvalue weighted by Crippen LogP contribution is -2.41. The first kappa shape index (κ1) is 19.3. The number of Topliss-reactive ketones (excluding diaryl/α,β-unsaturated/α-hetero) is 1. The number of carbonyl (C=O) groups excluding carboxylic acids is 3. The van der Waals surface area contributed by atoms with Gasteiger partial charge in [-0.05, 0) is 68.1 Å². The molecule has 1 heterocycles. The Kier molecular flexibility index (Phi) is 4.78. The van der Waals surface area contributed by atoms with E-state index in [1.165, 1.54) is 0 Å². The van der Waals surface area contributed by atoms with Crippen molar-refractivity contribution in [1.29, 1.82) is 5.26 Å². The van der Waals surface area contributed by atoms with Crippen LogP contribution in [-0.2, 0) is 10.3 Å². The Morgan fingerprint density at radius 1 is 1.11 bits per heavy atom. The minimum absolute atomic E-state index is 0.292. The highest BCUT2D eigenvalue weighted by Crippen LogP contribution is 2.29. The molecule has 0 aromatic heterocycles. The normalized spacial score (nSPS) is 18.8. The zero-order valence-corrected chi connectivity index (χ0v) is 16.3. The number of urea groups is 1. The third kappa shape index (κ3) is 3.16. The van der Waals surface area contributed by atoms with E-state index in [1.807, 2.05) is 32.9 Å². The summed E-state index contributed by atoms with van der Waals surface area (Å²) in [5, 5.41) is 11.8. The summed E-state index contributed by atoms with van der Waals surface area (Å²) in [6.45, 7) is 6.97. The van der Waals surface area contributed by atoms with Gasteiger partial charge in [0, 0.05) is 5.56 Å². The largest absolute Gasteiger partial charge is 0.325 e. The third-order valence-electron chi connectivity index (χ3n) is 5.29. The van der Waals surface area contributed by atoms with Gasteiger partial charge in [-0.2, -0.15) is 5.26 Å². The summed E-state index contributed by atoms with van der Waals surface area (Å²) < 4.78 is 0. The van der Waals surface area contributed by atoms with Gasteiger partial charge < -0.3 is 5.32 Å². The van der Waals surface area contributed by atoms with Gasteiger partial charge in [-0.15, -0.1) is 0 Å². The first-order valence-corrected chi connectivity index (χ1v) is 8.93. The van der Waals surface area contributed by atoms with Gasteiger partial charge >= 0.3 is 6.03 Å². The number of nitrogens with zero attached hydrogens (tertiary/aromatic N) is 2. The average Bonchev–Trinajstić information content (AvgIpc) is 2.88. The van der Waals surface area contributed by atoms with E-state index in [2.05, 4.69) is 5.32 Å². The second-order valence-corrected chi connectivity index (χ2v) is 7.31. The van der Waals surface area contributed by atoms with E-state index in [0.717, 1.165) is 21.6 Å². The highest BCUT2D eigenvalue weighted by molar-refractivity contribution is 6.11. The molecule has 2 aromatic carbocycles. The van der Waals surface area contributed by atoms with Crippen LogP contribution < -0.4 is 5.32 Å². The predicted molar refractivity (Wildman–Crippen MR) is 104 cm³/mol. The highest BCUT2D eigenvalue weighted by atomic mass is 16.2. The van der Waals surface area contributed by atoms with Crippen LogP contribution in [0.3, 0.4) is 0 Å². The lowest BCUT2D eigenvalue weighted by atomic mass is 9.91. The molecular formula is C22H21N3O3. The molecule has 142 valence electrons. The maximum Gasteiger partial charge on any atom is 0.325 e. The van der Waals surface area contributed by atoms with Gasteiger partial charge in [-0.3, -0.25) is 14.5 Å². The lowest BCUT2D eigenvalue weighted by Gasteiger charge is -2.22. The van der Waals surface area contributed by atoms with Gasteiger partial charge in [0.25, 0.3) is 5.91 Å². The van der Waals surface area contributed by atoms with Crippen molar-refractivity contribution >= 4 is 17.7 Å². The number of hydrogen-bond acceptors (Lipinski definition) is 4. The summed E-state index contributed by atoms with van der Waals surface area (Å²) in [5.41, 5.74) is 2.94. The summed E-state index contributed by atoms with van der Waals surface area (Å²) in [6, 6.07) is 11.6. The molecule has 0 radical (unpaired) electrons. The topological polar surface area (TPSA) is 90.3 Å². The second kappa shape index (κ2) is 6.93. The maximum atomic E-state index is 13.0. The van der Waals surface area contributed by atoms with Gasteiger partial charge in [0.05, 0.1) is 18.2 Å². The smallest absolute Gasteiger partial charge is 0.319 e. The van der Waals surface area contributed by atoms with Crippen molar-refractivity contribution in [1.82, 2.24) is 10.2 Å². The number of ketones is 1. The zero-order chi connectivity index (χ0) is 20.6. The Labute approximate surface area is 163 Å². The standard InChI is InChI=1S/C22H21N3O3/c1-13-8-15(3)18(9-14(13)2)19(26)12-25-20(27)22(4,24-21(25)28)17-7-5-6-16(10-17)11-23/h5-10H,12H2,1-4H3,(H,24,28). The molecule has 1 N–H and O–H groups in total. The van der Waals surface area contributed by atoms with E-state index in [9.17, 15) is 14.4 Å². The van der Waals surface area contributed by atoms with Crippen LogP contribution in [0.15, 0.2) is 36.4 Å².